The molecule has 2 amide bonds. The molecule has 2 aliphatic rings. The van der Waals surface area contributed by atoms with Crippen LogP contribution in [0.1, 0.15) is 44.1 Å². The van der Waals surface area contributed by atoms with Crippen LogP contribution >= 0.6 is 0 Å². The quantitative estimate of drug-likeness (QED) is 0.795. The fourth-order valence-electron chi connectivity index (χ4n) is 4.52. The molecule has 7 heteroatoms. The lowest BCUT2D eigenvalue weighted by Crippen LogP contribution is -2.43. The number of nitrogens with one attached hydrogen (secondary N) is 1. The maximum atomic E-state index is 13.2. The van der Waals surface area contributed by atoms with Crippen LogP contribution in [0.2, 0.25) is 0 Å². The summed E-state index contributed by atoms with van der Waals surface area (Å²) >= 11 is 0. The van der Waals surface area contributed by atoms with Crippen molar-refractivity contribution in [2.45, 2.75) is 45.1 Å². The lowest BCUT2D eigenvalue weighted by molar-refractivity contribution is -0.138. The summed E-state index contributed by atoms with van der Waals surface area (Å²) in [6.45, 7) is 5.45. The number of rotatable bonds is 5. The third kappa shape index (κ3) is 7.06. The standard InChI is InChI=1S/C23H36N4O3/c1-30-18-20-7-15-27(16-8-20)23(29)21-3-2-13-26(14-9-22(28)25-12-6-21)17-19-4-10-24-11-5-19/h4-5,10-11,20-21H,2-3,6-9,12-18H2,1H3,(H,25,28). The number of hydrogen-bond donors (Lipinski definition) is 1. The van der Waals surface area contributed by atoms with Crippen molar-refractivity contribution >= 4 is 11.8 Å². The van der Waals surface area contributed by atoms with Crippen LogP contribution in [0.3, 0.4) is 0 Å². The molecular formula is C23H36N4O3. The van der Waals surface area contributed by atoms with Crippen LogP contribution in [0.25, 0.3) is 0 Å². The van der Waals surface area contributed by atoms with Crippen molar-refractivity contribution in [3.8, 4) is 0 Å². The fraction of sp³-hybridized carbons (Fsp3) is 0.696. The first kappa shape index (κ1) is 22.7. The second-order valence-electron chi connectivity index (χ2n) is 8.58. The Morgan fingerprint density at radius 3 is 2.63 bits per heavy atom. The number of methoxy groups -OCH3 is 1. The molecule has 0 radical (unpaired) electrons. The van der Waals surface area contributed by atoms with E-state index in [1.807, 2.05) is 17.0 Å². The maximum Gasteiger partial charge on any atom is 0.225 e. The van der Waals surface area contributed by atoms with Crippen LogP contribution in [0, 0.1) is 11.8 Å². The van der Waals surface area contributed by atoms with E-state index in [0.29, 0.717) is 18.9 Å². The van der Waals surface area contributed by atoms with Crippen LogP contribution in [0.4, 0.5) is 0 Å². The van der Waals surface area contributed by atoms with Gasteiger partial charge in [0.2, 0.25) is 11.8 Å². The van der Waals surface area contributed by atoms with Gasteiger partial charge in [-0.25, -0.2) is 0 Å². The number of piperidine rings is 1. The van der Waals surface area contributed by atoms with Crippen molar-refractivity contribution in [2.24, 2.45) is 11.8 Å². The molecule has 0 spiro atoms. The Kier molecular flexibility index (Phi) is 9.08. The van der Waals surface area contributed by atoms with Crippen LogP contribution in [0.5, 0.6) is 0 Å². The summed E-state index contributed by atoms with van der Waals surface area (Å²) in [4.78, 5) is 33.8. The number of hydrogen-bond acceptors (Lipinski definition) is 5. The first-order valence-corrected chi connectivity index (χ1v) is 11.3. The molecule has 0 saturated carbocycles. The van der Waals surface area contributed by atoms with Gasteiger partial charge in [-0.2, -0.15) is 0 Å². The van der Waals surface area contributed by atoms with Gasteiger partial charge in [-0.3, -0.25) is 19.5 Å². The molecule has 3 heterocycles. The number of carbonyl (C=O) groups excluding carboxylic acids is 2. The second-order valence-corrected chi connectivity index (χ2v) is 8.58. The van der Waals surface area contributed by atoms with Gasteiger partial charge in [0, 0.05) is 71.2 Å². The molecule has 1 atom stereocenters. The number of likely N-dealkylation sites (tertiary alicyclic amines) is 1. The van der Waals surface area contributed by atoms with Crippen molar-refractivity contribution in [1.82, 2.24) is 20.1 Å². The van der Waals surface area contributed by atoms with E-state index in [4.69, 9.17) is 4.74 Å². The molecule has 7 nitrogen and oxygen atoms in total. The minimum absolute atomic E-state index is 0.00912. The third-order valence-corrected chi connectivity index (χ3v) is 6.33. The Morgan fingerprint density at radius 2 is 1.90 bits per heavy atom. The molecule has 3 rings (SSSR count). The smallest absolute Gasteiger partial charge is 0.225 e. The molecule has 2 fully saturated rings. The van der Waals surface area contributed by atoms with E-state index in [1.165, 1.54) is 5.56 Å². The van der Waals surface area contributed by atoms with E-state index >= 15 is 0 Å². The highest BCUT2D eigenvalue weighted by atomic mass is 16.5. The number of carbonyl (C=O) groups is 2. The van der Waals surface area contributed by atoms with E-state index in [-0.39, 0.29) is 17.7 Å². The Hall–Kier alpha value is -1.99. The Balaban J connectivity index is 1.56. The van der Waals surface area contributed by atoms with Crippen LogP contribution in [-0.2, 0) is 20.9 Å². The summed E-state index contributed by atoms with van der Waals surface area (Å²) in [7, 11) is 1.74. The van der Waals surface area contributed by atoms with E-state index in [0.717, 1.165) is 71.4 Å². The average Bonchev–Trinajstić information content (AvgIpc) is 2.80. The van der Waals surface area contributed by atoms with Gasteiger partial charge in [-0.1, -0.05) is 0 Å². The molecule has 2 aliphatic heterocycles. The highest BCUT2D eigenvalue weighted by molar-refractivity contribution is 5.79. The lowest BCUT2D eigenvalue weighted by Gasteiger charge is -2.34. The van der Waals surface area contributed by atoms with E-state index in [9.17, 15) is 9.59 Å². The molecule has 166 valence electrons. The molecule has 1 aromatic rings. The molecule has 1 aromatic heterocycles. The van der Waals surface area contributed by atoms with Gasteiger partial charge in [-0.15, -0.1) is 0 Å². The van der Waals surface area contributed by atoms with E-state index in [1.54, 1.807) is 19.5 Å². The molecule has 0 bridgehead atoms. The van der Waals surface area contributed by atoms with Crippen molar-refractivity contribution in [3.63, 3.8) is 0 Å². The Morgan fingerprint density at radius 1 is 1.13 bits per heavy atom. The number of ether oxygens (including phenoxy) is 1. The van der Waals surface area contributed by atoms with Gasteiger partial charge in [0.15, 0.2) is 0 Å². The topological polar surface area (TPSA) is 74.8 Å². The summed E-state index contributed by atoms with van der Waals surface area (Å²) in [6, 6.07) is 4.04. The maximum absolute atomic E-state index is 13.2. The number of nitrogens with zero attached hydrogens (tertiary/aromatic N) is 3. The minimum Gasteiger partial charge on any atom is -0.384 e. The predicted molar refractivity (Wildman–Crippen MR) is 116 cm³/mol. The largest absolute Gasteiger partial charge is 0.384 e. The number of amides is 2. The minimum atomic E-state index is -0.00912. The van der Waals surface area contributed by atoms with Crippen molar-refractivity contribution in [1.29, 1.82) is 0 Å². The Bertz CT molecular complexity index is 662. The lowest BCUT2D eigenvalue weighted by atomic mass is 9.93. The highest BCUT2D eigenvalue weighted by Gasteiger charge is 2.28. The van der Waals surface area contributed by atoms with Crippen LogP contribution in [0.15, 0.2) is 24.5 Å². The summed E-state index contributed by atoms with van der Waals surface area (Å²) in [5.74, 6) is 0.890. The molecule has 1 N–H and O–H groups in total. The van der Waals surface area contributed by atoms with E-state index in [2.05, 4.69) is 15.2 Å². The molecular weight excluding hydrogens is 380 g/mol. The normalized spacial score (nSPS) is 22.9. The summed E-state index contributed by atoms with van der Waals surface area (Å²) < 4.78 is 5.27. The average molecular weight is 417 g/mol. The summed E-state index contributed by atoms with van der Waals surface area (Å²) in [5, 5.41) is 3.01. The molecule has 2 saturated heterocycles. The zero-order chi connectivity index (χ0) is 21.2. The monoisotopic (exact) mass is 416 g/mol. The highest BCUT2D eigenvalue weighted by Crippen LogP contribution is 2.22. The molecule has 30 heavy (non-hydrogen) atoms. The Labute approximate surface area is 180 Å². The van der Waals surface area contributed by atoms with Gasteiger partial charge < -0.3 is 15.0 Å². The SMILES string of the molecule is COCC1CCN(C(=O)C2CCCN(Cc3ccncc3)CCC(=O)NCC2)CC1. The van der Waals surface area contributed by atoms with Crippen molar-refractivity contribution in [2.75, 3.05) is 46.4 Å². The zero-order valence-electron chi connectivity index (χ0n) is 18.2. The molecule has 1 unspecified atom stereocenters. The fourth-order valence-corrected chi connectivity index (χ4v) is 4.52. The summed E-state index contributed by atoms with van der Waals surface area (Å²) in [5.41, 5.74) is 1.20. The van der Waals surface area contributed by atoms with Crippen LogP contribution in [-0.4, -0.2) is 73.0 Å². The summed E-state index contributed by atoms with van der Waals surface area (Å²) in [6.07, 6.45) is 8.71. The van der Waals surface area contributed by atoms with Gasteiger partial charge in [0.05, 0.1) is 0 Å². The predicted octanol–water partition coefficient (Wildman–Crippen LogP) is 2.08. The number of pyridine rings is 1. The first-order valence-electron chi connectivity index (χ1n) is 11.3. The number of aromatic nitrogens is 1. The second kappa shape index (κ2) is 12.0. The van der Waals surface area contributed by atoms with Gasteiger partial charge >= 0.3 is 0 Å². The third-order valence-electron chi connectivity index (χ3n) is 6.33. The van der Waals surface area contributed by atoms with Gasteiger partial charge in [0.1, 0.15) is 0 Å². The molecule has 0 aromatic carbocycles. The van der Waals surface area contributed by atoms with Gasteiger partial charge in [-0.05, 0) is 62.3 Å². The first-order chi connectivity index (χ1) is 14.7. The van der Waals surface area contributed by atoms with E-state index < -0.39 is 0 Å². The van der Waals surface area contributed by atoms with Crippen molar-refractivity contribution in [3.05, 3.63) is 30.1 Å². The zero-order valence-corrected chi connectivity index (χ0v) is 18.2. The van der Waals surface area contributed by atoms with Crippen LogP contribution < -0.4 is 5.32 Å². The molecule has 0 aliphatic carbocycles. The van der Waals surface area contributed by atoms with Gasteiger partial charge in [0.25, 0.3) is 0 Å². The van der Waals surface area contributed by atoms with Crippen molar-refractivity contribution < 1.29 is 14.3 Å².